The smallest absolute Gasteiger partial charge is 0.225 e. The number of anilines is 1. The van der Waals surface area contributed by atoms with E-state index in [9.17, 15) is 9.18 Å². The summed E-state index contributed by atoms with van der Waals surface area (Å²) in [4.78, 5) is 11.8. The number of hydrogen-bond acceptors (Lipinski definition) is 3. The fraction of sp³-hybridized carbons (Fsp3) is 0.462. The minimum absolute atomic E-state index is 0.214. The van der Waals surface area contributed by atoms with Crippen LogP contribution in [0, 0.1) is 11.2 Å². The number of rotatable bonds is 5. The lowest BCUT2D eigenvalue weighted by atomic mass is 9.89. The van der Waals surface area contributed by atoms with Crippen LogP contribution in [0.2, 0.25) is 0 Å². The van der Waals surface area contributed by atoms with Gasteiger partial charge in [-0.1, -0.05) is 13.8 Å². The summed E-state index contributed by atoms with van der Waals surface area (Å²) in [5, 5.41) is 2.63. The summed E-state index contributed by atoms with van der Waals surface area (Å²) in [7, 11) is 1.46. The molecule has 4 nitrogen and oxygen atoms in total. The molecule has 3 N–H and O–H groups in total. The van der Waals surface area contributed by atoms with Crippen molar-refractivity contribution >= 4 is 11.6 Å². The molecule has 0 fully saturated rings. The molecule has 0 saturated carbocycles. The first-order valence-corrected chi connectivity index (χ1v) is 5.71. The normalized spacial score (nSPS) is 11.2. The zero-order chi connectivity index (χ0) is 13.8. The number of methoxy groups -OCH3 is 1. The predicted octanol–water partition coefficient (Wildman–Crippen LogP) is 2.15. The van der Waals surface area contributed by atoms with Crippen molar-refractivity contribution in [2.24, 2.45) is 11.1 Å². The SMILES string of the molecule is COc1ccc(F)cc1NC(=O)CC(C)(C)CN. The second kappa shape index (κ2) is 5.82. The van der Waals surface area contributed by atoms with Crippen LogP contribution in [-0.4, -0.2) is 19.6 Å². The molecule has 1 aromatic rings. The van der Waals surface area contributed by atoms with Crippen molar-refractivity contribution in [3.63, 3.8) is 0 Å². The summed E-state index contributed by atoms with van der Waals surface area (Å²) in [5.41, 5.74) is 5.61. The number of carbonyl (C=O) groups excluding carboxylic acids is 1. The fourth-order valence-corrected chi connectivity index (χ4v) is 1.48. The van der Waals surface area contributed by atoms with Gasteiger partial charge in [-0.05, 0) is 24.1 Å². The quantitative estimate of drug-likeness (QED) is 0.846. The van der Waals surface area contributed by atoms with Gasteiger partial charge in [-0.3, -0.25) is 4.79 Å². The maximum atomic E-state index is 13.1. The van der Waals surface area contributed by atoms with Crippen LogP contribution in [0.3, 0.4) is 0 Å². The van der Waals surface area contributed by atoms with Crippen LogP contribution in [0.4, 0.5) is 10.1 Å². The van der Waals surface area contributed by atoms with E-state index in [4.69, 9.17) is 10.5 Å². The Labute approximate surface area is 106 Å². The molecule has 0 atom stereocenters. The zero-order valence-corrected chi connectivity index (χ0v) is 10.9. The molecule has 0 aromatic heterocycles. The minimum Gasteiger partial charge on any atom is -0.495 e. The van der Waals surface area contributed by atoms with Crippen molar-refractivity contribution in [2.75, 3.05) is 19.0 Å². The van der Waals surface area contributed by atoms with Gasteiger partial charge in [0, 0.05) is 12.5 Å². The number of halogens is 1. The monoisotopic (exact) mass is 254 g/mol. The largest absolute Gasteiger partial charge is 0.495 e. The molecule has 1 amide bonds. The first-order chi connectivity index (χ1) is 8.38. The lowest BCUT2D eigenvalue weighted by molar-refractivity contribution is -0.117. The van der Waals surface area contributed by atoms with Crippen LogP contribution < -0.4 is 15.8 Å². The molecule has 0 spiro atoms. The molecule has 0 aliphatic carbocycles. The number of carbonyl (C=O) groups is 1. The van der Waals surface area contributed by atoms with Crippen LogP contribution in [0.15, 0.2) is 18.2 Å². The van der Waals surface area contributed by atoms with Crippen molar-refractivity contribution < 1.29 is 13.9 Å². The second-order valence-corrected chi connectivity index (χ2v) is 4.94. The molecule has 0 radical (unpaired) electrons. The Morgan fingerprint density at radius 3 is 2.72 bits per heavy atom. The van der Waals surface area contributed by atoms with Crippen LogP contribution in [0.25, 0.3) is 0 Å². The highest BCUT2D eigenvalue weighted by atomic mass is 19.1. The number of nitrogens with two attached hydrogens (primary N) is 1. The molecule has 0 saturated heterocycles. The molecule has 0 aliphatic rings. The van der Waals surface area contributed by atoms with Crippen LogP contribution >= 0.6 is 0 Å². The van der Waals surface area contributed by atoms with Crippen molar-refractivity contribution in [1.29, 1.82) is 0 Å². The molecule has 0 aliphatic heterocycles. The van der Waals surface area contributed by atoms with Gasteiger partial charge in [-0.15, -0.1) is 0 Å². The minimum atomic E-state index is -0.427. The van der Waals surface area contributed by atoms with Gasteiger partial charge < -0.3 is 15.8 Å². The van der Waals surface area contributed by atoms with E-state index in [2.05, 4.69) is 5.32 Å². The Morgan fingerprint density at radius 2 is 2.17 bits per heavy atom. The van der Waals surface area contributed by atoms with Gasteiger partial charge in [0.2, 0.25) is 5.91 Å². The molecular weight excluding hydrogens is 235 g/mol. The average Bonchev–Trinajstić information content (AvgIpc) is 2.28. The summed E-state index contributed by atoms with van der Waals surface area (Å²) in [5.74, 6) is -0.214. The van der Waals surface area contributed by atoms with Crippen molar-refractivity contribution in [3.8, 4) is 5.75 Å². The van der Waals surface area contributed by atoms with Gasteiger partial charge in [0.25, 0.3) is 0 Å². The van der Waals surface area contributed by atoms with Gasteiger partial charge in [-0.25, -0.2) is 4.39 Å². The zero-order valence-electron chi connectivity index (χ0n) is 10.9. The van der Waals surface area contributed by atoms with E-state index in [0.29, 0.717) is 18.0 Å². The van der Waals surface area contributed by atoms with Gasteiger partial charge >= 0.3 is 0 Å². The van der Waals surface area contributed by atoms with E-state index in [1.807, 2.05) is 13.8 Å². The van der Waals surface area contributed by atoms with Crippen molar-refractivity contribution in [1.82, 2.24) is 0 Å². The molecule has 18 heavy (non-hydrogen) atoms. The maximum Gasteiger partial charge on any atom is 0.225 e. The molecule has 0 bridgehead atoms. The van der Waals surface area contributed by atoms with Crippen molar-refractivity contribution in [2.45, 2.75) is 20.3 Å². The van der Waals surface area contributed by atoms with E-state index in [-0.39, 0.29) is 17.7 Å². The molecule has 0 heterocycles. The molecule has 0 unspecified atom stereocenters. The summed E-state index contributed by atoms with van der Waals surface area (Å²) >= 11 is 0. The lowest BCUT2D eigenvalue weighted by Gasteiger charge is -2.21. The summed E-state index contributed by atoms with van der Waals surface area (Å²) in [6.45, 7) is 4.20. The molecule has 100 valence electrons. The van der Waals surface area contributed by atoms with Gasteiger partial charge in [0.05, 0.1) is 12.8 Å². The van der Waals surface area contributed by atoms with Crippen LogP contribution in [-0.2, 0) is 4.79 Å². The van der Waals surface area contributed by atoms with Gasteiger partial charge in [0.1, 0.15) is 11.6 Å². The average molecular weight is 254 g/mol. The molecule has 1 rings (SSSR count). The Kier molecular flexibility index (Phi) is 4.67. The number of ether oxygens (including phenoxy) is 1. The predicted molar refractivity (Wildman–Crippen MR) is 69.0 cm³/mol. The highest BCUT2D eigenvalue weighted by Crippen LogP contribution is 2.26. The number of hydrogen-bond donors (Lipinski definition) is 2. The molecular formula is C13H19FN2O2. The van der Waals surface area contributed by atoms with Crippen molar-refractivity contribution in [3.05, 3.63) is 24.0 Å². The number of amides is 1. The molecule has 1 aromatic carbocycles. The van der Waals surface area contributed by atoms with E-state index in [1.165, 1.54) is 25.3 Å². The van der Waals surface area contributed by atoms with E-state index >= 15 is 0 Å². The van der Waals surface area contributed by atoms with Crippen LogP contribution in [0.1, 0.15) is 20.3 Å². The van der Waals surface area contributed by atoms with Gasteiger partial charge in [0.15, 0.2) is 0 Å². The van der Waals surface area contributed by atoms with E-state index < -0.39 is 5.82 Å². The third kappa shape index (κ3) is 4.00. The summed E-state index contributed by atoms with van der Waals surface area (Å²) in [6.07, 6.45) is 0.267. The Balaban J connectivity index is 2.78. The third-order valence-corrected chi connectivity index (χ3v) is 2.63. The van der Waals surface area contributed by atoms with Crippen LogP contribution in [0.5, 0.6) is 5.75 Å². The number of benzene rings is 1. The Morgan fingerprint density at radius 1 is 1.50 bits per heavy atom. The number of nitrogens with one attached hydrogen (secondary N) is 1. The first kappa shape index (κ1) is 14.4. The first-order valence-electron chi connectivity index (χ1n) is 5.71. The highest BCUT2D eigenvalue weighted by Gasteiger charge is 2.21. The standard InChI is InChI=1S/C13H19FN2O2/c1-13(2,8-15)7-12(17)16-10-6-9(14)4-5-11(10)18-3/h4-6H,7-8,15H2,1-3H3,(H,16,17). The fourth-order valence-electron chi connectivity index (χ4n) is 1.48. The Hall–Kier alpha value is -1.62. The van der Waals surface area contributed by atoms with E-state index in [0.717, 1.165) is 0 Å². The highest BCUT2D eigenvalue weighted by molar-refractivity contribution is 5.92. The van der Waals surface area contributed by atoms with Gasteiger partial charge in [-0.2, -0.15) is 0 Å². The lowest BCUT2D eigenvalue weighted by Crippen LogP contribution is -2.29. The second-order valence-electron chi connectivity index (χ2n) is 4.94. The third-order valence-electron chi connectivity index (χ3n) is 2.63. The van der Waals surface area contributed by atoms with E-state index in [1.54, 1.807) is 0 Å². The summed E-state index contributed by atoms with van der Waals surface area (Å²) in [6, 6.07) is 3.98. The Bertz CT molecular complexity index is 433. The topological polar surface area (TPSA) is 64.3 Å². The maximum absolute atomic E-state index is 13.1. The summed E-state index contributed by atoms with van der Waals surface area (Å²) < 4.78 is 18.2. The molecule has 5 heteroatoms.